The molecular formula is C13H15NO4S. The topological polar surface area (TPSA) is 63.7 Å². The van der Waals surface area contributed by atoms with Crippen LogP contribution in [-0.2, 0) is 9.53 Å². The molecule has 102 valence electrons. The molecule has 0 atom stereocenters. The van der Waals surface area contributed by atoms with Crippen LogP contribution in [0.25, 0.3) is 0 Å². The van der Waals surface area contributed by atoms with Gasteiger partial charge in [0.1, 0.15) is 6.54 Å². The van der Waals surface area contributed by atoms with Gasteiger partial charge in [0, 0.05) is 6.93 Å². The van der Waals surface area contributed by atoms with E-state index < -0.39 is 23.7 Å². The molecule has 2 amide bonds. The molecule has 0 unspecified atom stereocenters. The Balaban J connectivity index is 2.96. The first kappa shape index (κ1) is 13.6. The zero-order chi connectivity index (χ0) is 15.1. The second-order valence-electron chi connectivity index (χ2n) is 3.74. The first-order chi connectivity index (χ1) is 9.49. The second-order valence-corrected chi connectivity index (χ2v) is 4.38. The number of aryl methyl sites for hydroxylation is 1. The lowest BCUT2D eigenvalue weighted by molar-refractivity contribution is -0.140. The summed E-state index contributed by atoms with van der Waals surface area (Å²) in [5.41, 5.74) is 1.28. The van der Waals surface area contributed by atoms with Gasteiger partial charge in [0.2, 0.25) is 0 Å². The van der Waals surface area contributed by atoms with E-state index in [9.17, 15) is 14.4 Å². The molecule has 0 saturated carbocycles. The molecule has 0 saturated heterocycles. The van der Waals surface area contributed by atoms with Crippen molar-refractivity contribution < 1.29 is 20.5 Å². The summed E-state index contributed by atoms with van der Waals surface area (Å²) in [5.74, 6) is -1.27. The molecule has 5 nitrogen and oxygen atoms in total. The number of benzene rings is 1. The first-order valence-corrected chi connectivity index (χ1v) is 6.39. The van der Waals surface area contributed by atoms with Gasteiger partial charge < -0.3 is 4.74 Å². The van der Waals surface area contributed by atoms with Crippen molar-refractivity contribution in [1.29, 1.82) is 0 Å². The summed E-state index contributed by atoms with van der Waals surface area (Å²) < 4.78 is 11.5. The van der Waals surface area contributed by atoms with Crippen LogP contribution in [0.1, 0.15) is 17.3 Å². The monoisotopic (exact) mass is 282 g/mol. The molecule has 0 aliphatic carbocycles. The van der Waals surface area contributed by atoms with E-state index >= 15 is 0 Å². The predicted octanol–water partition coefficient (Wildman–Crippen LogP) is 2.09. The molecule has 1 aromatic carbocycles. The molecule has 0 bridgehead atoms. The zero-order valence-corrected chi connectivity index (χ0v) is 11.5. The molecule has 0 radical (unpaired) electrons. The number of imide groups is 1. The Kier molecular flexibility index (Phi) is 4.97. The van der Waals surface area contributed by atoms with Crippen molar-refractivity contribution in [3.8, 4) is 0 Å². The summed E-state index contributed by atoms with van der Waals surface area (Å²) in [4.78, 5) is 36.1. The van der Waals surface area contributed by atoms with Gasteiger partial charge in [-0.15, -0.1) is 0 Å². The SMILES string of the molecule is [2H]CSC(=O)N(CC(=O)OC)C(=O)c1ccc(C)cc1. The van der Waals surface area contributed by atoms with Crippen LogP contribution in [0.15, 0.2) is 24.3 Å². The van der Waals surface area contributed by atoms with Gasteiger partial charge in [0.25, 0.3) is 11.1 Å². The maximum Gasteiger partial charge on any atom is 0.325 e. The highest BCUT2D eigenvalue weighted by Gasteiger charge is 2.25. The van der Waals surface area contributed by atoms with E-state index in [0.717, 1.165) is 10.5 Å². The standard InChI is InChI=1S/C13H15NO4S/c1-9-4-6-10(7-5-9)12(16)14(13(17)19-3)8-11(15)18-2/h4-7H,8H2,1-3H3/i3D. The molecule has 0 fully saturated rings. The number of carbonyl (C=O) groups excluding carboxylic acids is 3. The average molecular weight is 282 g/mol. The molecule has 0 heterocycles. The van der Waals surface area contributed by atoms with Crippen LogP contribution in [0.2, 0.25) is 0 Å². The molecule has 0 aliphatic rings. The van der Waals surface area contributed by atoms with E-state index in [1.165, 1.54) is 7.11 Å². The number of carbonyl (C=O) groups is 3. The van der Waals surface area contributed by atoms with E-state index in [0.29, 0.717) is 17.3 Å². The number of rotatable bonds is 3. The summed E-state index contributed by atoms with van der Waals surface area (Å²) in [6.45, 7) is 1.41. The third kappa shape index (κ3) is 4.10. The molecule has 19 heavy (non-hydrogen) atoms. The van der Waals surface area contributed by atoms with Gasteiger partial charge in [0.15, 0.2) is 0 Å². The van der Waals surface area contributed by atoms with Crippen LogP contribution >= 0.6 is 11.8 Å². The van der Waals surface area contributed by atoms with Crippen LogP contribution in [-0.4, -0.2) is 41.9 Å². The van der Waals surface area contributed by atoms with Gasteiger partial charge in [-0.1, -0.05) is 29.5 Å². The highest BCUT2D eigenvalue weighted by Crippen LogP contribution is 2.12. The maximum atomic E-state index is 12.2. The highest BCUT2D eigenvalue weighted by atomic mass is 32.2. The molecular weight excluding hydrogens is 266 g/mol. The molecule has 0 aliphatic heterocycles. The van der Waals surface area contributed by atoms with Gasteiger partial charge in [-0.3, -0.25) is 19.3 Å². The number of nitrogens with zero attached hydrogens (tertiary/aromatic N) is 1. The van der Waals surface area contributed by atoms with E-state index in [1.807, 2.05) is 6.92 Å². The van der Waals surface area contributed by atoms with Crippen LogP contribution in [0.4, 0.5) is 4.79 Å². The molecule has 6 heteroatoms. The quantitative estimate of drug-likeness (QED) is 0.794. The summed E-state index contributed by atoms with van der Waals surface area (Å²) in [5, 5.41) is -0.643. The van der Waals surface area contributed by atoms with Gasteiger partial charge in [0.05, 0.1) is 7.11 Å². The van der Waals surface area contributed by atoms with Crippen LogP contribution in [0, 0.1) is 6.92 Å². The Labute approximate surface area is 117 Å². The normalized spacial score (nSPS) is 10.5. The van der Waals surface area contributed by atoms with Crippen molar-refractivity contribution in [2.75, 3.05) is 19.9 Å². The summed E-state index contributed by atoms with van der Waals surface area (Å²) in [7, 11) is 1.18. The van der Waals surface area contributed by atoms with E-state index in [1.54, 1.807) is 24.3 Å². The summed E-state index contributed by atoms with van der Waals surface area (Å²) >= 11 is 0.643. The lowest BCUT2D eigenvalue weighted by atomic mass is 10.1. The Hall–Kier alpha value is -1.82. The third-order valence-electron chi connectivity index (χ3n) is 2.40. The molecule has 0 aromatic heterocycles. The lowest BCUT2D eigenvalue weighted by Crippen LogP contribution is -2.38. The van der Waals surface area contributed by atoms with Crippen LogP contribution in [0.5, 0.6) is 0 Å². The molecule has 1 rings (SSSR count). The summed E-state index contributed by atoms with van der Waals surface area (Å²) in [6, 6.07) is 6.65. The van der Waals surface area contributed by atoms with Gasteiger partial charge in [-0.2, -0.15) is 0 Å². The fraction of sp³-hybridized carbons (Fsp3) is 0.308. The van der Waals surface area contributed by atoms with E-state index in [-0.39, 0.29) is 6.23 Å². The van der Waals surface area contributed by atoms with Crippen molar-refractivity contribution >= 4 is 28.9 Å². The number of thioether (sulfide) groups is 1. The molecule has 1 aromatic rings. The Morgan fingerprint density at radius 1 is 1.32 bits per heavy atom. The highest BCUT2D eigenvalue weighted by molar-refractivity contribution is 8.13. The fourth-order valence-electron chi connectivity index (χ4n) is 1.34. The van der Waals surface area contributed by atoms with Crippen molar-refractivity contribution in [1.82, 2.24) is 4.90 Å². The van der Waals surface area contributed by atoms with Gasteiger partial charge in [-0.25, -0.2) is 0 Å². The minimum absolute atomic E-state index is 0.225. The van der Waals surface area contributed by atoms with Crippen LogP contribution < -0.4 is 0 Å². The van der Waals surface area contributed by atoms with Crippen LogP contribution in [0.3, 0.4) is 0 Å². The van der Waals surface area contributed by atoms with Gasteiger partial charge >= 0.3 is 5.97 Å². The third-order valence-corrected chi connectivity index (χ3v) is 2.87. The second kappa shape index (κ2) is 6.94. The Morgan fingerprint density at radius 2 is 1.95 bits per heavy atom. The lowest BCUT2D eigenvalue weighted by Gasteiger charge is -2.18. The number of methoxy groups -OCH3 is 1. The Morgan fingerprint density at radius 3 is 2.47 bits per heavy atom. The number of amides is 2. The number of esters is 1. The average Bonchev–Trinajstić information content (AvgIpc) is 2.44. The first-order valence-electron chi connectivity index (χ1n) is 6.11. The fourth-order valence-corrected chi connectivity index (χ4v) is 1.65. The summed E-state index contributed by atoms with van der Waals surface area (Å²) in [6.07, 6.45) is -0.225. The van der Waals surface area contributed by atoms with E-state index in [2.05, 4.69) is 4.74 Å². The number of ether oxygens (including phenoxy) is 1. The van der Waals surface area contributed by atoms with Crippen molar-refractivity contribution in [3.05, 3.63) is 35.4 Å². The largest absolute Gasteiger partial charge is 0.468 e. The zero-order valence-electron chi connectivity index (χ0n) is 11.7. The minimum atomic E-state index is -0.690. The van der Waals surface area contributed by atoms with E-state index in [4.69, 9.17) is 1.37 Å². The van der Waals surface area contributed by atoms with Crippen molar-refractivity contribution in [3.63, 3.8) is 0 Å². The van der Waals surface area contributed by atoms with Gasteiger partial charge in [-0.05, 0) is 25.3 Å². The smallest absolute Gasteiger partial charge is 0.325 e. The maximum absolute atomic E-state index is 12.2. The molecule has 0 N–H and O–H groups in total. The van der Waals surface area contributed by atoms with Crippen molar-refractivity contribution in [2.45, 2.75) is 6.92 Å². The minimum Gasteiger partial charge on any atom is -0.468 e. The molecule has 0 spiro atoms. The number of hydrogen-bond acceptors (Lipinski definition) is 5. The van der Waals surface area contributed by atoms with Crippen molar-refractivity contribution in [2.24, 2.45) is 0 Å². The number of hydrogen-bond donors (Lipinski definition) is 0. The Bertz CT molecular complexity index is 504. The predicted molar refractivity (Wildman–Crippen MR) is 73.1 cm³/mol.